The van der Waals surface area contributed by atoms with Crippen molar-refractivity contribution in [2.45, 2.75) is 77.8 Å². The van der Waals surface area contributed by atoms with Crippen molar-refractivity contribution < 1.29 is 4.39 Å². The quantitative estimate of drug-likeness (QED) is 0.609. The first-order valence-corrected chi connectivity index (χ1v) is 7.65. The highest BCUT2D eigenvalue weighted by atomic mass is 19.1. The Morgan fingerprint density at radius 2 is 1.18 bits per heavy atom. The van der Waals surface area contributed by atoms with Gasteiger partial charge in [0, 0.05) is 0 Å². The summed E-state index contributed by atoms with van der Waals surface area (Å²) in [6.07, 6.45) is 10.6. The van der Waals surface area contributed by atoms with Crippen molar-refractivity contribution in [1.82, 2.24) is 0 Å². The van der Waals surface area contributed by atoms with Crippen molar-refractivity contribution in [3.05, 3.63) is 0 Å². The predicted molar refractivity (Wildman–Crippen MR) is 71.8 cm³/mol. The highest BCUT2D eigenvalue weighted by Crippen LogP contribution is 2.44. The first-order valence-electron chi connectivity index (χ1n) is 7.65. The van der Waals surface area contributed by atoms with Crippen molar-refractivity contribution in [2.24, 2.45) is 23.7 Å². The lowest BCUT2D eigenvalue weighted by Crippen LogP contribution is -2.32. The average Bonchev–Trinajstić information content (AvgIpc) is 2.29. The first-order chi connectivity index (χ1) is 7.97. The van der Waals surface area contributed by atoms with Gasteiger partial charge in [-0.1, -0.05) is 19.8 Å². The molecule has 2 aliphatic carbocycles. The maximum absolute atomic E-state index is 13.9. The normalized spacial score (nSPS) is 40.2. The van der Waals surface area contributed by atoms with Gasteiger partial charge in [-0.15, -0.1) is 0 Å². The Kier molecular flexibility index (Phi) is 4.15. The minimum Gasteiger partial charge on any atom is -0.244 e. The Balaban J connectivity index is 1.79. The van der Waals surface area contributed by atoms with Gasteiger partial charge >= 0.3 is 0 Å². The SMILES string of the molecule is CC1CCC(C2CCC(C(C)(C)F)CC2)CC1. The summed E-state index contributed by atoms with van der Waals surface area (Å²) in [6, 6.07) is 0. The molecule has 0 aromatic heterocycles. The van der Waals surface area contributed by atoms with Crippen LogP contribution in [0.15, 0.2) is 0 Å². The molecule has 2 fully saturated rings. The van der Waals surface area contributed by atoms with Crippen LogP contribution in [0.2, 0.25) is 0 Å². The van der Waals surface area contributed by atoms with Crippen LogP contribution in [0.3, 0.4) is 0 Å². The second-order valence-corrected chi connectivity index (χ2v) is 7.20. The third kappa shape index (κ3) is 3.45. The molecule has 0 aliphatic heterocycles. The van der Waals surface area contributed by atoms with Crippen LogP contribution in [0.5, 0.6) is 0 Å². The van der Waals surface area contributed by atoms with Gasteiger partial charge in [-0.05, 0) is 76.0 Å². The lowest BCUT2D eigenvalue weighted by atomic mass is 9.67. The van der Waals surface area contributed by atoms with Crippen LogP contribution in [-0.2, 0) is 0 Å². The van der Waals surface area contributed by atoms with Gasteiger partial charge in [-0.25, -0.2) is 4.39 Å². The number of alkyl halides is 1. The molecular formula is C16H29F. The molecule has 0 spiro atoms. The topological polar surface area (TPSA) is 0 Å². The lowest BCUT2D eigenvalue weighted by Gasteiger charge is -2.39. The summed E-state index contributed by atoms with van der Waals surface area (Å²) >= 11 is 0. The molecule has 0 N–H and O–H groups in total. The van der Waals surface area contributed by atoms with Crippen molar-refractivity contribution in [2.75, 3.05) is 0 Å². The van der Waals surface area contributed by atoms with E-state index in [2.05, 4.69) is 6.92 Å². The predicted octanol–water partition coefficient (Wildman–Crippen LogP) is 5.37. The molecule has 0 bridgehead atoms. The number of rotatable bonds is 2. The van der Waals surface area contributed by atoms with E-state index in [-0.39, 0.29) is 0 Å². The molecule has 0 unspecified atom stereocenters. The summed E-state index contributed by atoms with van der Waals surface area (Å²) in [5.74, 6) is 3.16. The van der Waals surface area contributed by atoms with Crippen LogP contribution in [0.25, 0.3) is 0 Å². The van der Waals surface area contributed by atoms with Gasteiger partial charge in [0.25, 0.3) is 0 Å². The van der Waals surface area contributed by atoms with Gasteiger partial charge in [-0.3, -0.25) is 0 Å². The summed E-state index contributed by atoms with van der Waals surface area (Å²) in [7, 11) is 0. The Bertz CT molecular complexity index is 224. The third-order valence-electron chi connectivity index (χ3n) is 5.47. The molecule has 2 rings (SSSR count). The zero-order chi connectivity index (χ0) is 12.5. The zero-order valence-corrected chi connectivity index (χ0v) is 11.8. The van der Waals surface area contributed by atoms with Gasteiger partial charge in [0.05, 0.1) is 0 Å². The van der Waals surface area contributed by atoms with Crippen LogP contribution in [0, 0.1) is 23.7 Å². The summed E-state index contributed by atoms with van der Waals surface area (Å²) in [4.78, 5) is 0. The van der Waals surface area contributed by atoms with E-state index in [0.717, 1.165) is 30.6 Å². The second-order valence-electron chi connectivity index (χ2n) is 7.20. The minimum atomic E-state index is -0.952. The Morgan fingerprint density at radius 3 is 1.59 bits per heavy atom. The molecule has 0 aromatic carbocycles. The van der Waals surface area contributed by atoms with Gasteiger partial charge in [-0.2, -0.15) is 0 Å². The first kappa shape index (κ1) is 13.4. The van der Waals surface area contributed by atoms with E-state index in [4.69, 9.17) is 0 Å². The zero-order valence-electron chi connectivity index (χ0n) is 11.8. The minimum absolute atomic E-state index is 0.321. The van der Waals surface area contributed by atoms with Crippen LogP contribution in [-0.4, -0.2) is 5.67 Å². The Morgan fingerprint density at radius 1 is 0.765 bits per heavy atom. The molecule has 17 heavy (non-hydrogen) atoms. The molecule has 2 saturated carbocycles. The molecular weight excluding hydrogens is 211 g/mol. The molecule has 0 nitrogen and oxygen atoms in total. The molecule has 100 valence electrons. The molecule has 2 aliphatic rings. The third-order valence-corrected chi connectivity index (χ3v) is 5.47. The Hall–Kier alpha value is -0.0700. The molecule has 0 atom stereocenters. The van der Waals surface area contributed by atoms with Crippen LogP contribution < -0.4 is 0 Å². The van der Waals surface area contributed by atoms with E-state index in [0.29, 0.717) is 5.92 Å². The molecule has 1 heteroatoms. The standard InChI is InChI=1S/C16H29F/c1-12-4-6-13(7-5-12)14-8-10-15(11-9-14)16(2,3)17/h12-15H,4-11H2,1-3H3. The molecule has 0 heterocycles. The van der Waals surface area contributed by atoms with Crippen LogP contribution in [0.4, 0.5) is 4.39 Å². The van der Waals surface area contributed by atoms with E-state index in [1.807, 2.05) is 0 Å². The molecule has 0 radical (unpaired) electrons. The Labute approximate surface area is 106 Å². The van der Waals surface area contributed by atoms with Crippen molar-refractivity contribution >= 4 is 0 Å². The van der Waals surface area contributed by atoms with E-state index < -0.39 is 5.67 Å². The maximum atomic E-state index is 13.9. The molecule has 0 aromatic rings. The van der Waals surface area contributed by atoms with Crippen LogP contribution >= 0.6 is 0 Å². The number of hydrogen-bond donors (Lipinski definition) is 0. The second kappa shape index (κ2) is 5.28. The van der Waals surface area contributed by atoms with E-state index >= 15 is 0 Å². The highest BCUT2D eigenvalue weighted by molar-refractivity contribution is 4.86. The van der Waals surface area contributed by atoms with E-state index in [1.165, 1.54) is 38.5 Å². The van der Waals surface area contributed by atoms with E-state index in [9.17, 15) is 4.39 Å². The highest BCUT2D eigenvalue weighted by Gasteiger charge is 2.35. The summed E-state index contributed by atoms with van der Waals surface area (Å²) < 4.78 is 13.9. The maximum Gasteiger partial charge on any atom is 0.108 e. The van der Waals surface area contributed by atoms with Gasteiger partial charge in [0.15, 0.2) is 0 Å². The fraction of sp³-hybridized carbons (Fsp3) is 1.00. The van der Waals surface area contributed by atoms with Crippen molar-refractivity contribution in [3.63, 3.8) is 0 Å². The van der Waals surface area contributed by atoms with Gasteiger partial charge in [0.1, 0.15) is 5.67 Å². The van der Waals surface area contributed by atoms with Crippen molar-refractivity contribution in [3.8, 4) is 0 Å². The number of hydrogen-bond acceptors (Lipinski definition) is 0. The summed E-state index contributed by atoms with van der Waals surface area (Å²) in [5, 5.41) is 0. The lowest BCUT2D eigenvalue weighted by molar-refractivity contribution is 0.0604. The van der Waals surface area contributed by atoms with Gasteiger partial charge in [0.2, 0.25) is 0 Å². The van der Waals surface area contributed by atoms with Crippen molar-refractivity contribution in [1.29, 1.82) is 0 Å². The molecule has 0 amide bonds. The fourth-order valence-corrected chi connectivity index (χ4v) is 4.03. The van der Waals surface area contributed by atoms with Crippen LogP contribution in [0.1, 0.15) is 72.1 Å². The monoisotopic (exact) mass is 240 g/mol. The average molecular weight is 240 g/mol. The summed E-state index contributed by atoms with van der Waals surface area (Å²) in [5.41, 5.74) is -0.952. The molecule has 0 saturated heterocycles. The largest absolute Gasteiger partial charge is 0.244 e. The smallest absolute Gasteiger partial charge is 0.108 e. The van der Waals surface area contributed by atoms with Gasteiger partial charge < -0.3 is 0 Å². The van der Waals surface area contributed by atoms with E-state index in [1.54, 1.807) is 13.8 Å². The number of halogens is 1. The fourth-order valence-electron chi connectivity index (χ4n) is 4.03. The summed E-state index contributed by atoms with van der Waals surface area (Å²) in [6.45, 7) is 5.92.